The summed E-state index contributed by atoms with van der Waals surface area (Å²) in [7, 11) is 3.13. The van der Waals surface area contributed by atoms with Gasteiger partial charge in [-0.15, -0.1) is 0 Å². The van der Waals surface area contributed by atoms with Crippen LogP contribution in [0, 0.1) is 0 Å². The van der Waals surface area contributed by atoms with Gasteiger partial charge in [-0.2, -0.15) is 0 Å². The second kappa shape index (κ2) is 9.10. The lowest BCUT2D eigenvalue weighted by molar-refractivity contribution is -0.115. The first-order valence-corrected chi connectivity index (χ1v) is 8.94. The van der Waals surface area contributed by atoms with Crippen molar-refractivity contribution < 1.29 is 14.3 Å². The second-order valence-corrected chi connectivity index (χ2v) is 6.42. The van der Waals surface area contributed by atoms with Crippen molar-refractivity contribution in [3.63, 3.8) is 0 Å². The minimum absolute atomic E-state index is 0.171. The van der Waals surface area contributed by atoms with Gasteiger partial charge in [-0.1, -0.05) is 23.7 Å². The van der Waals surface area contributed by atoms with Gasteiger partial charge in [-0.25, -0.2) is 4.98 Å². The predicted octanol–water partition coefficient (Wildman–Crippen LogP) is 4.68. The van der Waals surface area contributed by atoms with Gasteiger partial charge in [0.15, 0.2) is 11.5 Å². The molecule has 1 heterocycles. The van der Waals surface area contributed by atoms with E-state index in [1.165, 1.54) is 0 Å². The summed E-state index contributed by atoms with van der Waals surface area (Å²) in [5.74, 6) is 1.51. The predicted molar refractivity (Wildman–Crippen MR) is 111 cm³/mol. The average Bonchev–Trinajstić information content (AvgIpc) is 2.69. The van der Waals surface area contributed by atoms with Crippen molar-refractivity contribution in [1.29, 1.82) is 0 Å². The van der Waals surface area contributed by atoms with Crippen LogP contribution in [0.3, 0.4) is 0 Å². The van der Waals surface area contributed by atoms with E-state index in [1.54, 1.807) is 38.6 Å². The number of carbonyl (C=O) groups excluding carboxylic acids is 1. The molecular formula is C21H20ClN3O3. The largest absolute Gasteiger partial charge is 0.493 e. The van der Waals surface area contributed by atoms with Crippen LogP contribution in [0.1, 0.15) is 5.56 Å². The zero-order valence-electron chi connectivity index (χ0n) is 15.5. The van der Waals surface area contributed by atoms with Gasteiger partial charge in [0, 0.05) is 10.7 Å². The molecule has 1 aromatic heterocycles. The van der Waals surface area contributed by atoms with Gasteiger partial charge in [-0.3, -0.25) is 4.79 Å². The number of hydrogen-bond acceptors (Lipinski definition) is 5. The fraction of sp³-hybridized carbons (Fsp3) is 0.143. The molecular weight excluding hydrogens is 378 g/mol. The molecule has 6 nitrogen and oxygen atoms in total. The van der Waals surface area contributed by atoms with Crippen molar-refractivity contribution in [3.8, 4) is 11.5 Å². The molecule has 0 atom stereocenters. The summed E-state index contributed by atoms with van der Waals surface area (Å²) in [6.45, 7) is 0. The summed E-state index contributed by atoms with van der Waals surface area (Å²) < 4.78 is 10.5. The molecule has 144 valence electrons. The lowest BCUT2D eigenvalue weighted by Gasteiger charge is -2.10. The Hall–Kier alpha value is -3.25. The third-order valence-electron chi connectivity index (χ3n) is 3.96. The SMILES string of the molecule is COc1ccc(CC(=O)Nc2ccc(Nc3cccc(Cl)c3)cn2)cc1OC. The lowest BCUT2D eigenvalue weighted by Crippen LogP contribution is -2.15. The molecule has 7 heteroatoms. The molecule has 2 aromatic carbocycles. The quantitative estimate of drug-likeness (QED) is 0.605. The van der Waals surface area contributed by atoms with Crippen LogP contribution < -0.4 is 20.1 Å². The summed E-state index contributed by atoms with van der Waals surface area (Å²) in [6, 6.07) is 16.3. The Bertz CT molecular complexity index is 961. The van der Waals surface area contributed by atoms with Crippen molar-refractivity contribution in [3.05, 3.63) is 71.4 Å². The fourth-order valence-corrected chi connectivity index (χ4v) is 2.83. The Labute approximate surface area is 168 Å². The number of hydrogen-bond donors (Lipinski definition) is 2. The van der Waals surface area contributed by atoms with Crippen LogP contribution >= 0.6 is 11.6 Å². The fourth-order valence-electron chi connectivity index (χ4n) is 2.64. The molecule has 0 aliphatic carbocycles. The molecule has 0 spiro atoms. The zero-order valence-corrected chi connectivity index (χ0v) is 16.3. The molecule has 2 N–H and O–H groups in total. The van der Waals surface area contributed by atoms with Crippen molar-refractivity contribution >= 4 is 34.7 Å². The molecule has 0 saturated carbocycles. The van der Waals surface area contributed by atoms with Crippen molar-refractivity contribution in [2.24, 2.45) is 0 Å². The number of nitrogens with one attached hydrogen (secondary N) is 2. The third kappa shape index (κ3) is 5.14. The summed E-state index contributed by atoms with van der Waals surface area (Å²) >= 11 is 5.98. The lowest BCUT2D eigenvalue weighted by atomic mass is 10.1. The number of aromatic nitrogens is 1. The molecule has 0 aliphatic heterocycles. The van der Waals surface area contributed by atoms with Crippen molar-refractivity contribution in [2.45, 2.75) is 6.42 Å². The molecule has 0 aliphatic rings. The topological polar surface area (TPSA) is 72.5 Å². The van der Waals surface area contributed by atoms with E-state index in [-0.39, 0.29) is 12.3 Å². The highest BCUT2D eigenvalue weighted by Crippen LogP contribution is 2.27. The molecule has 3 rings (SSSR count). The molecule has 0 radical (unpaired) electrons. The average molecular weight is 398 g/mol. The van der Waals surface area contributed by atoms with Crippen LogP contribution in [0.2, 0.25) is 5.02 Å². The van der Waals surface area contributed by atoms with Gasteiger partial charge in [-0.05, 0) is 48.0 Å². The molecule has 0 bridgehead atoms. The van der Waals surface area contributed by atoms with Crippen LogP contribution in [-0.4, -0.2) is 25.1 Å². The van der Waals surface area contributed by atoms with Crippen molar-refractivity contribution in [1.82, 2.24) is 4.98 Å². The van der Waals surface area contributed by atoms with Gasteiger partial charge in [0.05, 0.1) is 32.5 Å². The summed E-state index contributed by atoms with van der Waals surface area (Å²) in [4.78, 5) is 16.6. The maximum Gasteiger partial charge on any atom is 0.229 e. The molecule has 3 aromatic rings. The van der Waals surface area contributed by atoms with Crippen molar-refractivity contribution in [2.75, 3.05) is 24.9 Å². The first-order valence-electron chi connectivity index (χ1n) is 8.57. The van der Waals surface area contributed by atoms with E-state index in [2.05, 4.69) is 15.6 Å². The third-order valence-corrected chi connectivity index (χ3v) is 4.19. The number of ether oxygens (including phenoxy) is 2. The number of anilines is 3. The molecule has 0 saturated heterocycles. The van der Waals surface area contributed by atoms with E-state index in [9.17, 15) is 4.79 Å². The first-order chi connectivity index (χ1) is 13.6. The standard InChI is InChI=1S/C21H20ClN3O3/c1-27-18-8-6-14(10-19(18)28-2)11-21(26)25-20-9-7-17(13-23-20)24-16-5-3-4-15(22)12-16/h3-10,12-13,24H,11H2,1-2H3,(H,23,25,26). The molecule has 0 fully saturated rings. The smallest absolute Gasteiger partial charge is 0.229 e. The van der Waals surface area contributed by atoms with E-state index in [4.69, 9.17) is 21.1 Å². The first kappa shape index (κ1) is 19.5. The number of halogens is 1. The minimum Gasteiger partial charge on any atom is -0.493 e. The number of methoxy groups -OCH3 is 2. The van der Waals surface area contributed by atoms with Gasteiger partial charge in [0.1, 0.15) is 5.82 Å². The summed E-state index contributed by atoms with van der Waals surface area (Å²) in [6.07, 6.45) is 1.84. The van der Waals surface area contributed by atoms with Crippen LogP contribution in [-0.2, 0) is 11.2 Å². The number of nitrogens with zero attached hydrogens (tertiary/aromatic N) is 1. The van der Waals surface area contributed by atoms with Gasteiger partial charge in [0.2, 0.25) is 5.91 Å². The second-order valence-electron chi connectivity index (χ2n) is 5.98. The highest BCUT2D eigenvalue weighted by Gasteiger charge is 2.09. The highest BCUT2D eigenvalue weighted by molar-refractivity contribution is 6.30. The Morgan fingerprint density at radius 3 is 2.50 bits per heavy atom. The Kier molecular flexibility index (Phi) is 6.34. The number of pyridine rings is 1. The normalized spacial score (nSPS) is 10.2. The number of amides is 1. The Morgan fingerprint density at radius 1 is 1.00 bits per heavy atom. The number of benzene rings is 2. The van der Waals surface area contributed by atoms with Gasteiger partial charge in [0.25, 0.3) is 0 Å². The van der Waals surface area contributed by atoms with E-state index in [0.29, 0.717) is 22.3 Å². The monoisotopic (exact) mass is 397 g/mol. The molecule has 28 heavy (non-hydrogen) atoms. The minimum atomic E-state index is -0.171. The van der Waals surface area contributed by atoms with E-state index in [0.717, 1.165) is 16.9 Å². The van der Waals surface area contributed by atoms with Crippen LogP contribution in [0.5, 0.6) is 11.5 Å². The highest BCUT2D eigenvalue weighted by atomic mass is 35.5. The Morgan fingerprint density at radius 2 is 1.82 bits per heavy atom. The molecule has 1 amide bonds. The maximum absolute atomic E-state index is 12.3. The van der Waals surface area contributed by atoms with E-state index >= 15 is 0 Å². The van der Waals surface area contributed by atoms with E-state index < -0.39 is 0 Å². The summed E-state index contributed by atoms with van der Waals surface area (Å²) in [5, 5.41) is 6.64. The van der Waals surface area contributed by atoms with Gasteiger partial charge < -0.3 is 20.1 Å². The van der Waals surface area contributed by atoms with E-state index in [1.807, 2.05) is 36.4 Å². The van der Waals surface area contributed by atoms with Crippen LogP contribution in [0.25, 0.3) is 0 Å². The molecule has 0 unspecified atom stereocenters. The van der Waals surface area contributed by atoms with Crippen LogP contribution in [0.4, 0.5) is 17.2 Å². The van der Waals surface area contributed by atoms with Crippen LogP contribution in [0.15, 0.2) is 60.8 Å². The number of carbonyl (C=O) groups is 1. The van der Waals surface area contributed by atoms with Gasteiger partial charge >= 0.3 is 0 Å². The summed E-state index contributed by atoms with van der Waals surface area (Å²) in [5.41, 5.74) is 2.47. The number of rotatable bonds is 7. The Balaban J connectivity index is 1.60. The maximum atomic E-state index is 12.3. The zero-order chi connectivity index (χ0) is 19.9.